The van der Waals surface area contributed by atoms with Crippen molar-refractivity contribution in [3.8, 4) is 0 Å². The highest BCUT2D eigenvalue weighted by Crippen LogP contribution is 2.35. The first-order valence-electron chi connectivity index (χ1n) is 11.1. The average Bonchev–Trinajstić information content (AvgIpc) is 3.53. The summed E-state index contributed by atoms with van der Waals surface area (Å²) >= 11 is 0. The van der Waals surface area contributed by atoms with Gasteiger partial charge in [0.25, 0.3) is 0 Å². The molecule has 2 unspecified atom stereocenters. The molecule has 0 aromatic heterocycles. The van der Waals surface area contributed by atoms with E-state index in [9.17, 15) is 0 Å². The summed E-state index contributed by atoms with van der Waals surface area (Å²) in [5.74, 6) is 0. The summed E-state index contributed by atoms with van der Waals surface area (Å²) in [4.78, 5) is 10.1. The van der Waals surface area contributed by atoms with E-state index < -0.39 is 0 Å². The average molecular weight is 407 g/mol. The van der Waals surface area contributed by atoms with Gasteiger partial charge in [-0.05, 0) is 11.1 Å². The molecule has 0 aliphatic carbocycles. The standard InChI is InChI=1S/C24H30N4O2/c1-3-7-19(8-4-1)21-15-29-23-13-25(17-27(21)23)11-12-26-14-24-28(18-26)22(16-30-24)20-9-5-2-6-10-20/h1-10,21-24H,11-18H2/t21-,22-,23?,24?/m1/s1. The van der Waals surface area contributed by atoms with E-state index in [1.807, 2.05) is 0 Å². The number of hydrogen-bond acceptors (Lipinski definition) is 6. The molecular weight excluding hydrogens is 376 g/mol. The third-order valence-electron chi connectivity index (χ3n) is 7.09. The van der Waals surface area contributed by atoms with Gasteiger partial charge in [0, 0.05) is 26.2 Å². The van der Waals surface area contributed by atoms with E-state index in [1.165, 1.54) is 11.1 Å². The van der Waals surface area contributed by atoms with Gasteiger partial charge in [0.15, 0.2) is 0 Å². The van der Waals surface area contributed by atoms with Gasteiger partial charge in [-0.25, -0.2) is 0 Å². The van der Waals surface area contributed by atoms with Crippen LogP contribution in [0.25, 0.3) is 0 Å². The molecule has 4 heterocycles. The molecule has 4 aliphatic rings. The minimum atomic E-state index is 0.239. The molecule has 2 aromatic carbocycles. The van der Waals surface area contributed by atoms with Crippen molar-refractivity contribution in [2.45, 2.75) is 24.5 Å². The number of hydrogen-bond donors (Lipinski definition) is 0. The van der Waals surface area contributed by atoms with Gasteiger partial charge in [0.1, 0.15) is 12.5 Å². The maximum absolute atomic E-state index is 6.11. The molecule has 6 nitrogen and oxygen atoms in total. The Morgan fingerprint density at radius 2 is 1.07 bits per heavy atom. The summed E-state index contributed by atoms with van der Waals surface area (Å²) in [6.07, 6.45) is 0.477. The smallest absolute Gasteiger partial charge is 0.125 e. The lowest BCUT2D eigenvalue weighted by Gasteiger charge is -2.25. The van der Waals surface area contributed by atoms with E-state index in [0.29, 0.717) is 12.1 Å². The van der Waals surface area contributed by atoms with Crippen molar-refractivity contribution in [3.63, 3.8) is 0 Å². The molecule has 0 spiro atoms. The molecular formula is C24H30N4O2. The number of ether oxygens (including phenoxy) is 2. The fraction of sp³-hybridized carbons (Fsp3) is 0.500. The highest BCUT2D eigenvalue weighted by molar-refractivity contribution is 5.21. The quantitative estimate of drug-likeness (QED) is 0.758. The van der Waals surface area contributed by atoms with Gasteiger partial charge in [-0.2, -0.15) is 0 Å². The first-order chi connectivity index (χ1) is 14.8. The molecule has 0 radical (unpaired) electrons. The Bertz CT molecular complexity index is 779. The van der Waals surface area contributed by atoms with Crippen molar-refractivity contribution in [2.24, 2.45) is 0 Å². The minimum absolute atomic E-state index is 0.239. The molecule has 6 rings (SSSR count). The zero-order chi connectivity index (χ0) is 19.9. The lowest BCUT2D eigenvalue weighted by Crippen LogP contribution is -2.36. The predicted molar refractivity (Wildman–Crippen MR) is 114 cm³/mol. The van der Waals surface area contributed by atoms with Crippen molar-refractivity contribution < 1.29 is 9.47 Å². The van der Waals surface area contributed by atoms with Crippen molar-refractivity contribution >= 4 is 0 Å². The molecule has 30 heavy (non-hydrogen) atoms. The third kappa shape index (κ3) is 3.47. The molecule has 4 fully saturated rings. The van der Waals surface area contributed by atoms with Gasteiger partial charge in [-0.3, -0.25) is 19.6 Å². The summed E-state index contributed by atoms with van der Waals surface area (Å²) in [6, 6.07) is 22.3. The van der Waals surface area contributed by atoms with Crippen molar-refractivity contribution in [2.75, 3.05) is 52.7 Å². The van der Waals surface area contributed by atoms with Gasteiger partial charge in [0.2, 0.25) is 0 Å². The zero-order valence-corrected chi connectivity index (χ0v) is 17.3. The fourth-order valence-corrected chi connectivity index (χ4v) is 5.43. The van der Waals surface area contributed by atoms with E-state index in [1.54, 1.807) is 0 Å². The van der Waals surface area contributed by atoms with Crippen LogP contribution in [0.2, 0.25) is 0 Å². The summed E-state index contributed by atoms with van der Waals surface area (Å²) in [5, 5.41) is 0. The van der Waals surface area contributed by atoms with Crippen molar-refractivity contribution in [3.05, 3.63) is 71.8 Å². The Morgan fingerprint density at radius 3 is 1.50 bits per heavy atom. The van der Waals surface area contributed by atoms with Gasteiger partial charge < -0.3 is 9.47 Å². The van der Waals surface area contributed by atoms with E-state index >= 15 is 0 Å². The van der Waals surface area contributed by atoms with Gasteiger partial charge >= 0.3 is 0 Å². The van der Waals surface area contributed by atoms with Crippen molar-refractivity contribution in [1.82, 2.24) is 19.6 Å². The first-order valence-corrected chi connectivity index (χ1v) is 11.1. The SMILES string of the molecule is c1ccc([C@H]2COC3CN(CCN4CC5OC[C@H](c6ccccc6)N5C4)CN32)cc1. The molecule has 0 N–H and O–H groups in total. The number of rotatable bonds is 5. The van der Waals surface area contributed by atoms with Crippen LogP contribution in [0.4, 0.5) is 0 Å². The van der Waals surface area contributed by atoms with Crippen LogP contribution in [0.1, 0.15) is 23.2 Å². The van der Waals surface area contributed by atoms with Crippen LogP contribution in [0.3, 0.4) is 0 Å². The van der Waals surface area contributed by atoms with Crippen LogP contribution in [0, 0.1) is 0 Å². The normalized spacial score (nSPS) is 32.7. The van der Waals surface area contributed by atoms with Crippen LogP contribution in [-0.4, -0.2) is 84.8 Å². The number of nitrogens with zero attached hydrogens (tertiary/aromatic N) is 4. The van der Waals surface area contributed by atoms with Crippen LogP contribution < -0.4 is 0 Å². The van der Waals surface area contributed by atoms with Gasteiger partial charge in [-0.1, -0.05) is 60.7 Å². The number of benzene rings is 2. The monoisotopic (exact) mass is 406 g/mol. The maximum atomic E-state index is 6.11. The Balaban J connectivity index is 1.03. The van der Waals surface area contributed by atoms with E-state index in [-0.39, 0.29) is 12.5 Å². The van der Waals surface area contributed by atoms with Crippen molar-refractivity contribution in [1.29, 1.82) is 0 Å². The Kier molecular flexibility index (Phi) is 5.07. The second kappa shape index (κ2) is 8.04. The molecule has 158 valence electrons. The third-order valence-corrected chi connectivity index (χ3v) is 7.09. The number of fused-ring (bicyclic) bond motifs is 2. The van der Waals surface area contributed by atoms with E-state index in [4.69, 9.17) is 9.47 Å². The zero-order valence-electron chi connectivity index (χ0n) is 17.3. The lowest BCUT2D eigenvalue weighted by atomic mass is 10.1. The van der Waals surface area contributed by atoms with Crippen LogP contribution in [0.5, 0.6) is 0 Å². The fourth-order valence-electron chi connectivity index (χ4n) is 5.43. The van der Waals surface area contributed by atoms with Gasteiger partial charge in [-0.15, -0.1) is 0 Å². The largest absolute Gasteiger partial charge is 0.360 e. The Labute approximate surface area is 178 Å². The summed E-state index contributed by atoms with van der Waals surface area (Å²) in [6.45, 7) is 7.78. The summed E-state index contributed by atoms with van der Waals surface area (Å²) in [7, 11) is 0. The second-order valence-corrected chi connectivity index (χ2v) is 8.89. The van der Waals surface area contributed by atoms with Crippen LogP contribution in [0.15, 0.2) is 60.7 Å². The predicted octanol–water partition coefficient (Wildman–Crippen LogP) is 2.33. The van der Waals surface area contributed by atoms with Crippen LogP contribution >= 0.6 is 0 Å². The second-order valence-electron chi connectivity index (χ2n) is 8.89. The molecule has 6 heteroatoms. The highest BCUT2D eigenvalue weighted by atomic mass is 16.5. The lowest BCUT2D eigenvalue weighted by molar-refractivity contribution is 0.0655. The first kappa shape index (κ1) is 18.9. The molecule has 0 saturated carbocycles. The molecule has 4 saturated heterocycles. The van der Waals surface area contributed by atoms with Gasteiger partial charge in [0.05, 0.1) is 38.6 Å². The van der Waals surface area contributed by atoms with E-state index in [2.05, 4.69) is 80.3 Å². The molecule has 4 aliphatic heterocycles. The molecule has 4 atom stereocenters. The highest BCUT2D eigenvalue weighted by Gasteiger charge is 2.44. The molecule has 0 bridgehead atoms. The Hall–Kier alpha value is -1.80. The minimum Gasteiger partial charge on any atom is -0.360 e. The van der Waals surface area contributed by atoms with E-state index in [0.717, 1.165) is 52.7 Å². The maximum Gasteiger partial charge on any atom is 0.125 e. The summed E-state index contributed by atoms with van der Waals surface area (Å²) in [5.41, 5.74) is 2.73. The topological polar surface area (TPSA) is 31.4 Å². The molecule has 0 amide bonds. The molecule has 2 aromatic rings. The Morgan fingerprint density at radius 1 is 0.633 bits per heavy atom. The summed E-state index contributed by atoms with van der Waals surface area (Å²) < 4.78 is 12.2. The van der Waals surface area contributed by atoms with Crippen LogP contribution in [-0.2, 0) is 9.47 Å².